The zero-order chi connectivity index (χ0) is 8.23. The Balaban J connectivity index is 0.000000845. The third kappa shape index (κ3) is 3.50. The van der Waals surface area contributed by atoms with Crippen LogP contribution in [0.5, 0.6) is 0 Å². The van der Waals surface area contributed by atoms with Crippen molar-refractivity contribution in [2.75, 3.05) is 13.1 Å². The molecule has 3 nitrogen and oxygen atoms in total. The number of nitrogens with one attached hydrogen (secondary N) is 1. The first-order valence-electron chi connectivity index (χ1n) is 4.70. The molecular weight excluding hydrogens is 177 g/mol. The second-order valence-electron chi connectivity index (χ2n) is 3.55. The van der Waals surface area contributed by atoms with Crippen LogP contribution in [0.25, 0.3) is 0 Å². The molecule has 0 aromatic heterocycles. The Bertz CT molecular complexity index is 237. The zero-order valence-corrected chi connectivity index (χ0v) is 8.29. The van der Waals surface area contributed by atoms with Crippen LogP contribution in [-0.4, -0.2) is 31.3 Å². The third-order valence-corrected chi connectivity index (χ3v) is 2.53. The number of rotatable bonds is 2. The molecule has 0 saturated carbocycles. The predicted molar refractivity (Wildman–Crippen MR) is 61.7 cm³/mol. The van der Waals surface area contributed by atoms with Crippen molar-refractivity contribution >= 4 is 12.7 Å². The molecule has 0 bridgehead atoms. The van der Waals surface area contributed by atoms with Gasteiger partial charge in [0, 0.05) is 0 Å². The first-order chi connectivity index (χ1) is 5.95. The van der Waals surface area contributed by atoms with Crippen LogP contribution in [0.2, 0.25) is 5.82 Å². The highest BCUT2D eigenvalue weighted by Gasteiger charge is 2.15. The maximum absolute atomic E-state index is 3.39. The van der Waals surface area contributed by atoms with Crippen molar-refractivity contribution in [1.82, 2.24) is 5.32 Å². The standard InChI is InChI=1S/C10H14BN.2H2O/c1-2-4-9(5-3-1)11-10-6-7-12-8-10;;/h1-5,10-12H,6-8H2;2*1H2. The van der Waals surface area contributed by atoms with E-state index in [1.165, 1.54) is 32.3 Å². The van der Waals surface area contributed by atoms with Crippen molar-refractivity contribution in [2.45, 2.75) is 12.2 Å². The Morgan fingerprint density at radius 1 is 1.14 bits per heavy atom. The molecule has 0 amide bonds. The van der Waals surface area contributed by atoms with Crippen LogP contribution < -0.4 is 10.8 Å². The van der Waals surface area contributed by atoms with E-state index in [-0.39, 0.29) is 11.0 Å². The molecule has 1 aliphatic rings. The Morgan fingerprint density at radius 2 is 1.86 bits per heavy atom. The first kappa shape index (κ1) is 13.2. The molecule has 78 valence electrons. The van der Waals surface area contributed by atoms with Crippen LogP contribution in [0, 0.1) is 0 Å². The summed E-state index contributed by atoms with van der Waals surface area (Å²) < 4.78 is 0. The van der Waals surface area contributed by atoms with Crippen LogP contribution in [0.3, 0.4) is 0 Å². The first-order valence-corrected chi connectivity index (χ1v) is 4.70. The average molecular weight is 195 g/mol. The Hall–Kier alpha value is -0.835. The lowest BCUT2D eigenvalue weighted by molar-refractivity contribution is 0.823. The monoisotopic (exact) mass is 195 g/mol. The molecule has 1 saturated heterocycles. The van der Waals surface area contributed by atoms with E-state index in [0.717, 1.165) is 5.82 Å². The molecule has 1 heterocycles. The minimum Gasteiger partial charge on any atom is -0.412 e. The molecule has 0 aliphatic carbocycles. The van der Waals surface area contributed by atoms with Crippen molar-refractivity contribution in [1.29, 1.82) is 0 Å². The van der Waals surface area contributed by atoms with Crippen LogP contribution in [0.4, 0.5) is 0 Å². The van der Waals surface area contributed by atoms with Gasteiger partial charge in [0.2, 0.25) is 0 Å². The normalized spacial score (nSPS) is 19.3. The molecule has 0 spiro atoms. The van der Waals surface area contributed by atoms with Gasteiger partial charge < -0.3 is 16.3 Å². The summed E-state index contributed by atoms with van der Waals surface area (Å²) >= 11 is 0. The van der Waals surface area contributed by atoms with Crippen molar-refractivity contribution < 1.29 is 11.0 Å². The summed E-state index contributed by atoms with van der Waals surface area (Å²) in [5, 5.41) is 3.39. The summed E-state index contributed by atoms with van der Waals surface area (Å²) in [4.78, 5) is 0. The summed E-state index contributed by atoms with van der Waals surface area (Å²) in [5.41, 5.74) is 1.48. The van der Waals surface area contributed by atoms with Gasteiger partial charge in [-0.05, 0) is 25.3 Å². The molecule has 1 aliphatic heterocycles. The van der Waals surface area contributed by atoms with Crippen molar-refractivity contribution in [3.63, 3.8) is 0 Å². The maximum Gasteiger partial charge on any atom is 0.162 e. The van der Waals surface area contributed by atoms with Gasteiger partial charge in [0.15, 0.2) is 7.28 Å². The van der Waals surface area contributed by atoms with Crippen LogP contribution in [0.1, 0.15) is 6.42 Å². The van der Waals surface area contributed by atoms with Gasteiger partial charge in [-0.1, -0.05) is 35.8 Å². The molecule has 1 atom stereocenters. The lowest BCUT2D eigenvalue weighted by Gasteiger charge is -2.04. The van der Waals surface area contributed by atoms with E-state index in [1.807, 2.05) is 0 Å². The molecule has 1 unspecified atom stereocenters. The fraction of sp³-hybridized carbons (Fsp3) is 0.400. The second kappa shape index (κ2) is 6.59. The van der Waals surface area contributed by atoms with Crippen LogP contribution in [-0.2, 0) is 0 Å². The molecule has 2 rings (SSSR count). The largest absolute Gasteiger partial charge is 0.412 e. The lowest BCUT2D eigenvalue weighted by atomic mass is 9.59. The Morgan fingerprint density at radius 3 is 2.43 bits per heavy atom. The molecule has 5 N–H and O–H groups in total. The van der Waals surface area contributed by atoms with Crippen molar-refractivity contribution in [2.24, 2.45) is 0 Å². The van der Waals surface area contributed by atoms with Gasteiger partial charge in [-0.3, -0.25) is 0 Å². The second-order valence-corrected chi connectivity index (χ2v) is 3.55. The summed E-state index contributed by atoms with van der Waals surface area (Å²) in [6.07, 6.45) is 1.34. The Kier molecular flexibility index (Phi) is 6.20. The van der Waals surface area contributed by atoms with E-state index < -0.39 is 0 Å². The fourth-order valence-corrected chi connectivity index (χ4v) is 1.84. The molecule has 4 heteroatoms. The lowest BCUT2D eigenvalue weighted by Crippen LogP contribution is -2.20. The van der Waals surface area contributed by atoms with Crippen LogP contribution >= 0.6 is 0 Å². The molecule has 1 aromatic rings. The predicted octanol–water partition coefficient (Wildman–Crippen LogP) is -1.12. The number of hydrogen-bond acceptors (Lipinski definition) is 1. The highest BCUT2D eigenvalue weighted by Crippen LogP contribution is 2.11. The van der Waals surface area contributed by atoms with E-state index >= 15 is 0 Å². The van der Waals surface area contributed by atoms with E-state index in [9.17, 15) is 0 Å². The van der Waals surface area contributed by atoms with Gasteiger partial charge in [0.05, 0.1) is 0 Å². The minimum atomic E-state index is 0. The smallest absolute Gasteiger partial charge is 0.162 e. The van der Waals surface area contributed by atoms with Crippen LogP contribution in [0.15, 0.2) is 30.3 Å². The topological polar surface area (TPSA) is 75.0 Å². The highest BCUT2D eigenvalue weighted by molar-refractivity contribution is 6.55. The SMILES string of the molecule is B(c1ccccc1)C1CCNC1.O.O. The fourth-order valence-electron chi connectivity index (χ4n) is 1.84. The Labute approximate surface area is 85.4 Å². The summed E-state index contributed by atoms with van der Waals surface area (Å²) in [6.45, 7) is 2.41. The molecular formula is C10H18BNO2. The van der Waals surface area contributed by atoms with Gasteiger partial charge in [-0.2, -0.15) is 0 Å². The van der Waals surface area contributed by atoms with Gasteiger partial charge >= 0.3 is 0 Å². The van der Waals surface area contributed by atoms with Gasteiger partial charge in [0.1, 0.15) is 0 Å². The molecule has 14 heavy (non-hydrogen) atoms. The molecule has 0 radical (unpaired) electrons. The van der Waals surface area contributed by atoms with Gasteiger partial charge in [-0.15, -0.1) is 0 Å². The van der Waals surface area contributed by atoms with E-state index in [4.69, 9.17) is 0 Å². The van der Waals surface area contributed by atoms with Crippen molar-refractivity contribution in [3.05, 3.63) is 30.3 Å². The van der Waals surface area contributed by atoms with E-state index in [2.05, 4.69) is 35.6 Å². The van der Waals surface area contributed by atoms with Crippen molar-refractivity contribution in [3.8, 4) is 0 Å². The van der Waals surface area contributed by atoms with Gasteiger partial charge in [0.25, 0.3) is 0 Å². The molecule has 1 aromatic carbocycles. The molecule has 1 fully saturated rings. The highest BCUT2D eigenvalue weighted by atomic mass is 16.0. The summed E-state index contributed by atoms with van der Waals surface area (Å²) in [5.74, 6) is 0.868. The number of benzene rings is 1. The minimum absolute atomic E-state index is 0. The average Bonchev–Trinajstić information content (AvgIpc) is 2.59. The summed E-state index contributed by atoms with van der Waals surface area (Å²) in [6, 6.07) is 10.8. The number of hydrogen-bond donors (Lipinski definition) is 1. The zero-order valence-electron chi connectivity index (χ0n) is 8.29. The maximum atomic E-state index is 3.39. The third-order valence-electron chi connectivity index (χ3n) is 2.53. The van der Waals surface area contributed by atoms with E-state index in [1.54, 1.807) is 0 Å². The summed E-state index contributed by atoms with van der Waals surface area (Å²) in [7, 11) is 1.24. The van der Waals surface area contributed by atoms with E-state index in [0.29, 0.717) is 0 Å². The quantitative estimate of drug-likeness (QED) is 0.596. The van der Waals surface area contributed by atoms with Gasteiger partial charge in [-0.25, -0.2) is 0 Å².